The summed E-state index contributed by atoms with van der Waals surface area (Å²) in [6.07, 6.45) is 7.82. The summed E-state index contributed by atoms with van der Waals surface area (Å²) in [6.45, 7) is 6.86. The molecule has 0 radical (unpaired) electrons. The summed E-state index contributed by atoms with van der Waals surface area (Å²) < 4.78 is 16.9. The molecule has 7 nitrogen and oxygen atoms in total. The van der Waals surface area contributed by atoms with E-state index in [1.807, 2.05) is 12.3 Å². The van der Waals surface area contributed by atoms with Gasteiger partial charge in [0.05, 0.1) is 17.9 Å². The number of anilines is 1. The van der Waals surface area contributed by atoms with Gasteiger partial charge in [0.15, 0.2) is 5.82 Å². The zero-order valence-corrected chi connectivity index (χ0v) is 18.3. The summed E-state index contributed by atoms with van der Waals surface area (Å²) >= 11 is 0. The minimum atomic E-state index is -1.02. The SMILES string of the molecule is CCN1CCC(n2cc(-c3nc(N)ncc3F)c3cc(C#CC(C)(O)C4CC4)ncc32)C1. The Balaban J connectivity index is 1.63. The standard InChI is InChI=1S/C24H27FN6O/c1-3-30-9-7-17(13-30)31-14-19(22-20(25)11-28-23(26)29-22)18-10-16(27-12-21(18)31)6-8-24(2,32)15-4-5-15/h10-12,14-15,17,32H,3-5,7,9,13H2,1-2H3,(H2,26,28,29). The van der Waals surface area contributed by atoms with Crippen LogP contribution >= 0.6 is 0 Å². The Kier molecular flexibility index (Phi) is 5.11. The van der Waals surface area contributed by atoms with Gasteiger partial charge < -0.3 is 20.3 Å². The lowest BCUT2D eigenvalue weighted by Gasteiger charge is -2.15. The Labute approximate surface area is 186 Å². The van der Waals surface area contributed by atoms with Gasteiger partial charge in [-0.2, -0.15) is 0 Å². The number of rotatable bonds is 4. The summed E-state index contributed by atoms with van der Waals surface area (Å²) in [5.41, 5.74) is 6.99. The van der Waals surface area contributed by atoms with Crippen LogP contribution in [-0.4, -0.2) is 54.8 Å². The first kappa shape index (κ1) is 20.9. The zero-order valence-electron chi connectivity index (χ0n) is 18.3. The zero-order chi connectivity index (χ0) is 22.5. The normalized spacial score (nSPS) is 20.8. The van der Waals surface area contributed by atoms with Crippen LogP contribution in [0.25, 0.3) is 22.2 Å². The molecule has 2 atom stereocenters. The molecule has 0 amide bonds. The second-order valence-corrected chi connectivity index (χ2v) is 8.97. The molecule has 3 N–H and O–H groups in total. The van der Waals surface area contributed by atoms with E-state index in [0.29, 0.717) is 11.3 Å². The van der Waals surface area contributed by atoms with Crippen molar-refractivity contribution in [2.24, 2.45) is 5.92 Å². The van der Waals surface area contributed by atoms with E-state index in [9.17, 15) is 9.50 Å². The van der Waals surface area contributed by atoms with Crippen LogP contribution in [0.1, 0.15) is 44.8 Å². The first-order valence-corrected chi connectivity index (χ1v) is 11.1. The quantitative estimate of drug-likeness (QED) is 0.614. The van der Waals surface area contributed by atoms with Gasteiger partial charge in [0.25, 0.3) is 0 Å². The molecule has 2 fully saturated rings. The number of likely N-dealkylation sites (tertiary alicyclic amines) is 1. The van der Waals surface area contributed by atoms with Crippen LogP contribution in [0.4, 0.5) is 10.3 Å². The van der Waals surface area contributed by atoms with Crippen LogP contribution in [0, 0.1) is 23.6 Å². The molecular formula is C24H27FN6O. The molecule has 32 heavy (non-hydrogen) atoms. The smallest absolute Gasteiger partial charge is 0.220 e. The van der Waals surface area contributed by atoms with Crippen molar-refractivity contribution >= 4 is 16.9 Å². The van der Waals surface area contributed by atoms with Gasteiger partial charge in [0.1, 0.15) is 17.0 Å². The van der Waals surface area contributed by atoms with Crippen LogP contribution in [0.5, 0.6) is 0 Å². The molecule has 1 saturated heterocycles. The lowest BCUT2D eigenvalue weighted by Crippen LogP contribution is -2.24. The van der Waals surface area contributed by atoms with Crippen molar-refractivity contribution in [2.45, 2.75) is 44.8 Å². The molecule has 2 aliphatic rings. The number of fused-ring (bicyclic) bond motifs is 1. The molecule has 3 aromatic heterocycles. The number of nitrogens with zero attached hydrogens (tertiary/aromatic N) is 5. The van der Waals surface area contributed by atoms with Crippen molar-refractivity contribution in [1.29, 1.82) is 0 Å². The van der Waals surface area contributed by atoms with E-state index in [-0.39, 0.29) is 23.6 Å². The molecule has 8 heteroatoms. The number of halogens is 1. The van der Waals surface area contributed by atoms with Crippen molar-refractivity contribution in [3.63, 3.8) is 0 Å². The number of pyridine rings is 1. The molecule has 4 heterocycles. The van der Waals surface area contributed by atoms with Gasteiger partial charge in [0, 0.05) is 36.3 Å². The molecule has 2 unspecified atom stereocenters. The average Bonchev–Trinajstić information content (AvgIpc) is 3.44. The molecule has 5 rings (SSSR count). The summed E-state index contributed by atoms with van der Waals surface area (Å²) in [7, 11) is 0. The molecule has 1 aliphatic heterocycles. The lowest BCUT2D eigenvalue weighted by molar-refractivity contribution is 0.0980. The van der Waals surface area contributed by atoms with Gasteiger partial charge in [0.2, 0.25) is 5.95 Å². The van der Waals surface area contributed by atoms with E-state index in [1.54, 1.807) is 13.1 Å². The first-order valence-electron chi connectivity index (χ1n) is 11.1. The highest BCUT2D eigenvalue weighted by Crippen LogP contribution is 2.39. The maximum Gasteiger partial charge on any atom is 0.220 e. The van der Waals surface area contributed by atoms with Gasteiger partial charge in [-0.25, -0.2) is 19.3 Å². The Bertz CT molecular complexity index is 1240. The Morgan fingerprint density at radius 2 is 2.09 bits per heavy atom. The first-order chi connectivity index (χ1) is 15.4. The topological polar surface area (TPSA) is 93.1 Å². The maximum absolute atomic E-state index is 14.7. The van der Waals surface area contributed by atoms with Crippen molar-refractivity contribution < 1.29 is 9.50 Å². The van der Waals surface area contributed by atoms with E-state index < -0.39 is 11.4 Å². The van der Waals surface area contributed by atoms with Crippen LogP contribution in [0.2, 0.25) is 0 Å². The van der Waals surface area contributed by atoms with Crippen LogP contribution in [0.15, 0.2) is 24.7 Å². The van der Waals surface area contributed by atoms with Crippen LogP contribution < -0.4 is 5.73 Å². The minimum Gasteiger partial charge on any atom is -0.378 e. The van der Waals surface area contributed by atoms with Crippen molar-refractivity contribution in [3.05, 3.63) is 36.2 Å². The number of nitrogens with two attached hydrogens (primary N) is 1. The minimum absolute atomic E-state index is 0.0230. The predicted molar refractivity (Wildman–Crippen MR) is 121 cm³/mol. The molecule has 166 valence electrons. The van der Waals surface area contributed by atoms with Crippen molar-refractivity contribution in [2.75, 3.05) is 25.4 Å². The largest absolute Gasteiger partial charge is 0.378 e. The van der Waals surface area contributed by atoms with E-state index in [4.69, 9.17) is 5.73 Å². The van der Waals surface area contributed by atoms with E-state index in [1.165, 1.54) is 0 Å². The fourth-order valence-electron chi connectivity index (χ4n) is 4.54. The number of likely N-dealkylation sites (N-methyl/N-ethyl adjacent to an activating group) is 1. The second kappa shape index (κ2) is 7.84. The van der Waals surface area contributed by atoms with Crippen molar-refractivity contribution in [1.82, 2.24) is 24.4 Å². The molecule has 1 aliphatic carbocycles. The number of hydrogen-bond donors (Lipinski definition) is 2. The van der Waals surface area contributed by atoms with E-state index >= 15 is 0 Å². The molecule has 0 spiro atoms. The monoisotopic (exact) mass is 434 g/mol. The molecule has 0 bridgehead atoms. The third kappa shape index (κ3) is 3.83. The molecule has 0 aromatic carbocycles. The fourth-order valence-corrected chi connectivity index (χ4v) is 4.54. The lowest BCUT2D eigenvalue weighted by atomic mass is 10.0. The second-order valence-electron chi connectivity index (χ2n) is 8.97. The number of nitrogen functional groups attached to an aromatic ring is 1. The van der Waals surface area contributed by atoms with Crippen LogP contribution in [0.3, 0.4) is 0 Å². The van der Waals surface area contributed by atoms with Gasteiger partial charge in [-0.1, -0.05) is 12.8 Å². The average molecular weight is 435 g/mol. The molecular weight excluding hydrogens is 407 g/mol. The Hall–Kier alpha value is -3.02. The maximum atomic E-state index is 14.7. The predicted octanol–water partition coefficient (Wildman–Crippen LogP) is 2.99. The van der Waals surface area contributed by atoms with Gasteiger partial charge in [-0.15, -0.1) is 0 Å². The van der Waals surface area contributed by atoms with Gasteiger partial charge in [-0.3, -0.25) is 0 Å². The van der Waals surface area contributed by atoms with E-state index in [0.717, 1.165) is 56.0 Å². The fraction of sp³-hybridized carbons (Fsp3) is 0.458. The van der Waals surface area contributed by atoms with Gasteiger partial charge in [-0.05, 0) is 50.6 Å². The Morgan fingerprint density at radius 1 is 1.28 bits per heavy atom. The highest BCUT2D eigenvalue weighted by molar-refractivity contribution is 5.95. The van der Waals surface area contributed by atoms with E-state index in [2.05, 4.69) is 43.2 Å². The summed E-state index contributed by atoms with van der Waals surface area (Å²) in [4.78, 5) is 14.9. The summed E-state index contributed by atoms with van der Waals surface area (Å²) in [6, 6.07) is 2.12. The third-order valence-corrected chi connectivity index (χ3v) is 6.64. The summed E-state index contributed by atoms with van der Waals surface area (Å²) in [5.74, 6) is 5.70. The highest BCUT2D eigenvalue weighted by Gasteiger charge is 2.38. The highest BCUT2D eigenvalue weighted by atomic mass is 19.1. The Morgan fingerprint density at radius 3 is 2.81 bits per heavy atom. The van der Waals surface area contributed by atoms with Gasteiger partial charge >= 0.3 is 0 Å². The third-order valence-electron chi connectivity index (χ3n) is 6.64. The number of hydrogen-bond acceptors (Lipinski definition) is 6. The number of aromatic nitrogens is 4. The summed E-state index contributed by atoms with van der Waals surface area (Å²) in [5, 5.41) is 11.3. The molecule has 3 aromatic rings. The van der Waals surface area contributed by atoms with Crippen LogP contribution in [-0.2, 0) is 0 Å². The van der Waals surface area contributed by atoms with Crippen molar-refractivity contribution in [3.8, 4) is 23.1 Å². The number of aliphatic hydroxyl groups is 1. The molecule has 1 saturated carbocycles.